The lowest BCUT2D eigenvalue weighted by Gasteiger charge is -2.00. The van der Waals surface area contributed by atoms with E-state index < -0.39 is 10.1 Å². The fraction of sp³-hybridized carbons (Fsp3) is 0.250. The van der Waals surface area contributed by atoms with Crippen molar-refractivity contribution in [1.29, 1.82) is 0 Å². The predicted molar refractivity (Wildman–Crippen MR) is 54.3 cm³/mol. The van der Waals surface area contributed by atoms with E-state index in [9.17, 15) is 8.42 Å². The zero-order valence-corrected chi connectivity index (χ0v) is 9.18. The van der Waals surface area contributed by atoms with Crippen molar-refractivity contribution in [2.24, 2.45) is 0 Å². The molecule has 0 unspecified atom stereocenters. The quantitative estimate of drug-likeness (QED) is 0.671. The summed E-state index contributed by atoms with van der Waals surface area (Å²) in [5.74, 6) is -0.326. The molecule has 5 heteroatoms. The Balaban J connectivity index is 2.90. The molecule has 0 aliphatic heterocycles. The SMILES string of the molecule is O=S(=O)(O)Cc1cccc(CBr)c1. The number of halogens is 1. The van der Waals surface area contributed by atoms with Crippen LogP contribution in [0.15, 0.2) is 24.3 Å². The van der Waals surface area contributed by atoms with E-state index in [1.807, 2.05) is 6.07 Å². The Kier molecular flexibility index (Phi) is 3.47. The van der Waals surface area contributed by atoms with Crippen molar-refractivity contribution in [3.05, 3.63) is 35.4 Å². The number of hydrogen-bond acceptors (Lipinski definition) is 2. The Hall–Kier alpha value is -0.390. The van der Waals surface area contributed by atoms with Crippen LogP contribution in [-0.2, 0) is 21.2 Å². The van der Waals surface area contributed by atoms with Gasteiger partial charge in [-0.3, -0.25) is 4.55 Å². The fourth-order valence-electron chi connectivity index (χ4n) is 1.01. The van der Waals surface area contributed by atoms with Crippen molar-refractivity contribution in [2.45, 2.75) is 11.1 Å². The molecule has 0 aliphatic rings. The minimum atomic E-state index is -3.92. The first-order valence-electron chi connectivity index (χ1n) is 3.60. The number of hydrogen-bond donors (Lipinski definition) is 1. The summed E-state index contributed by atoms with van der Waals surface area (Å²) in [6.07, 6.45) is 0. The normalized spacial score (nSPS) is 11.5. The molecule has 1 aromatic rings. The molecule has 0 radical (unpaired) electrons. The molecule has 0 spiro atoms. The fourth-order valence-corrected chi connectivity index (χ4v) is 1.96. The molecule has 0 aromatic heterocycles. The van der Waals surface area contributed by atoms with Crippen LogP contribution >= 0.6 is 15.9 Å². The molecule has 1 aromatic carbocycles. The summed E-state index contributed by atoms with van der Waals surface area (Å²) in [4.78, 5) is 0. The van der Waals surface area contributed by atoms with Crippen LogP contribution in [-0.4, -0.2) is 13.0 Å². The van der Waals surface area contributed by atoms with Gasteiger partial charge in [0.2, 0.25) is 0 Å². The molecule has 0 saturated heterocycles. The maximum atomic E-state index is 10.5. The van der Waals surface area contributed by atoms with Gasteiger partial charge in [0.05, 0.1) is 0 Å². The van der Waals surface area contributed by atoms with E-state index in [0.717, 1.165) is 5.56 Å². The molecule has 72 valence electrons. The maximum absolute atomic E-state index is 10.5. The molecule has 13 heavy (non-hydrogen) atoms. The van der Waals surface area contributed by atoms with Gasteiger partial charge in [0.25, 0.3) is 10.1 Å². The van der Waals surface area contributed by atoms with Crippen molar-refractivity contribution in [3.63, 3.8) is 0 Å². The monoisotopic (exact) mass is 264 g/mol. The second kappa shape index (κ2) is 4.21. The molecule has 0 atom stereocenters. The van der Waals surface area contributed by atoms with E-state index in [-0.39, 0.29) is 5.75 Å². The van der Waals surface area contributed by atoms with Crippen LogP contribution < -0.4 is 0 Å². The Bertz CT molecular complexity index is 386. The molecule has 1 N–H and O–H groups in total. The van der Waals surface area contributed by atoms with Crippen molar-refractivity contribution in [1.82, 2.24) is 0 Å². The first-order valence-corrected chi connectivity index (χ1v) is 6.33. The third-order valence-corrected chi connectivity index (χ3v) is 2.84. The molecular formula is C8H9BrO3S. The van der Waals surface area contributed by atoms with Gasteiger partial charge in [0, 0.05) is 5.33 Å². The number of rotatable bonds is 3. The highest BCUT2D eigenvalue weighted by atomic mass is 79.9. The lowest BCUT2D eigenvalue weighted by molar-refractivity contribution is 0.482. The first kappa shape index (κ1) is 10.7. The average Bonchev–Trinajstić information content (AvgIpc) is 2.01. The smallest absolute Gasteiger partial charge is 0.269 e. The van der Waals surface area contributed by atoms with Crippen LogP contribution in [0.25, 0.3) is 0 Å². The third-order valence-electron chi connectivity index (χ3n) is 1.49. The van der Waals surface area contributed by atoms with Gasteiger partial charge in [0.1, 0.15) is 5.75 Å². The van der Waals surface area contributed by atoms with Crippen LogP contribution in [0.1, 0.15) is 11.1 Å². The zero-order chi connectivity index (χ0) is 9.90. The topological polar surface area (TPSA) is 54.4 Å². The molecule has 0 saturated carbocycles. The molecule has 0 aliphatic carbocycles. The van der Waals surface area contributed by atoms with Crippen LogP contribution in [0, 0.1) is 0 Å². The maximum Gasteiger partial charge on any atom is 0.269 e. The van der Waals surface area contributed by atoms with Crippen LogP contribution in [0.3, 0.4) is 0 Å². The molecule has 0 amide bonds. The van der Waals surface area contributed by atoms with E-state index in [1.165, 1.54) is 0 Å². The van der Waals surface area contributed by atoms with Crippen LogP contribution in [0.2, 0.25) is 0 Å². The van der Waals surface area contributed by atoms with E-state index >= 15 is 0 Å². The van der Waals surface area contributed by atoms with E-state index in [4.69, 9.17) is 4.55 Å². The van der Waals surface area contributed by atoms with E-state index in [1.54, 1.807) is 18.2 Å². The zero-order valence-electron chi connectivity index (χ0n) is 6.77. The van der Waals surface area contributed by atoms with Gasteiger partial charge in [-0.25, -0.2) is 0 Å². The highest BCUT2D eigenvalue weighted by Crippen LogP contribution is 2.10. The highest BCUT2D eigenvalue weighted by Gasteiger charge is 2.06. The molecule has 3 nitrogen and oxygen atoms in total. The lowest BCUT2D eigenvalue weighted by Crippen LogP contribution is -2.01. The summed E-state index contributed by atoms with van der Waals surface area (Å²) in [5, 5.41) is 0.673. The molecule has 0 bridgehead atoms. The molecule has 0 fully saturated rings. The summed E-state index contributed by atoms with van der Waals surface area (Å²) >= 11 is 3.26. The number of alkyl halides is 1. The number of benzene rings is 1. The standard InChI is InChI=1S/C8H9BrO3S/c9-5-7-2-1-3-8(4-7)6-13(10,11)12/h1-4H,5-6H2,(H,10,11,12). The summed E-state index contributed by atoms with van der Waals surface area (Å²) in [6, 6.07) is 7.04. The summed E-state index contributed by atoms with van der Waals surface area (Å²) in [7, 11) is -3.92. The van der Waals surface area contributed by atoms with Gasteiger partial charge in [-0.15, -0.1) is 0 Å². The minimum Gasteiger partial charge on any atom is -0.285 e. The molecule has 0 heterocycles. The predicted octanol–water partition coefficient (Wildman–Crippen LogP) is 1.97. The third kappa shape index (κ3) is 3.89. The largest absolute Gasteiger partial charge is 0.285 e. The van der Waals surface area contributed by atoms with Crippen molar-refractivity contribution in [2.75, 3.05) is 0 Å². The summed E-state index contributed by atoms with van der Waals surface area (Å²) < 4.78 is 29.7. The lowest BCUT2D eigenvalue weighted by atomic mass is 10.2. The van der Waals surface area contributed by atoms with Gasteiger partial charge in [-0.2, -0.15) is 8.42 Å². The summed E-state index contributed by atoms with van der Waals surface area (Å²) in [5.41, 5.74) is 1.58. The Labute approximate surface area is 85.7 Å². The van der Waals surface area contributed by atoms with Crippen LogP contribution in [0.5, 0.6) is 0 Å². The highest BCUT2D eigenvalue weighted by molar-refractivity contribution is 9.08. The van der Waals surface area contributed by atoms with Crippen molar-refractivity contribution < 1.29 is 13.0 Å². The summed E-state index contributed by atoms with van der Waals surface area (Å²) in [6.45, 7) is 0. The van der Waals surface area contributed by atoms with Crippen molar-refractivity contribution >= 4 is 26.0 Å². The van der Waals surface area contributed by atoms with E-state index in [2.05, 4.69) is 15.9 Å². The Morgan fingerprint density at radius 3 is 2.46 bits per heavy atom. The van der Waals surface area contributed by atoms with E-state index in [0.29, 0.717) is 10.9 Å². The van der Waals surface area contributed by atoms with Gasteiger partial charge in [0.15, 0.2) is 0 Å². The average molecular weight is 265 g/mol. The van der Waals surface area contributed by atoms with Gasteiger partial charge in [-0.1, -0.05) is 40.2 Å². The Morgan fingerprint density at radius 1 is 1.31 bits per heavy atom. The van der Waals surface area contributed by atoms with Crippen LogP contribution in [0.4, 0.5) is 0 Å². The Morgan fingerprint density at radius 2 is 1.92 bits per heavy atom. The minimum absolute atomic E-state index is 0.326. The van der Waals surface area contributed by atoms with Gasteiger partial charge >= 0.3 is 0 Å². The first-order chi connectivity index (χ1) is 6.01. The second-order valence-corrected chi connectivity index (χ2v) is 4.69. The van der Waals surface area contributed by atoms with Gasteiger partial charge < -0.3 is 0 Å². The van der Waals surface area contributed by atoms with Gasteiger partial charge in [-0.05, 0) is 11.1 Å². The van der Waals surface area contributed by atoms with Crippen molar-refractivity contribution in [3.8, 4) is 0 Å². The molecular weight excluding hydrogens is 256 g/mol. The molecule has 1 rings (SSSR count). The second-order valence-electron chi connectivity index (χ2n) is 2.68.